The lowest BCUT2D eigenvalue weighted by atomic mass is 9.92. The molecule has 0 spiro atoms. The van der Waals surface area contributed by atoms with Gasteiger partial charge < -0.3 is 15.2 Å². The molecule has 2 fully saturated rings. The van der Waals surface area contributed by atoms with Gasteiger partial charge in [-0.15, -0.1) is 0 Å². The van der Waals surface area contributed by atoms with Crippen molar-refractivity contribution in [2.75, 3.05) is 19.8 Å². The minimum absolute atomic E-state index is 0.445. The highest BCUT2D eigenvalue weighted by atomic mass is 16.5. The van der Waals surface area contributed by atoms with Crippen LogP contribution in [0.15, 0.2) is 0 Å². The molecule has 13 heavy (non-hydrogen) atoms. The minimum Gasteiger partial charge on any atom is -0.388 e. The van der Waals surface area contributed by atoms with Gasteiger partial charge in [-0.05, 0) is 18.8 Å². The first-order chi connectivity index (χ1) is 6.21. The van der Waals surface area contributed by atoms with Crippen LogP contribution in [0.2, 0.25) is 0 Å². The third-order valence-corrected chi connectivity index (χ3v) is 3.50. The Balaban J connectivity index is 1.78. The Morgan fingerprint density at radius 2 is 2.31 bits per heavy atom. The molecular formula is C10H19NO2. The fraction of sp³-hybridized carbons (Fsp3) is 1.00. The maximum absolute atomic E-state index is 10.2. The summed E-state index contributed by atoms with van der Waals surface area (Å²) in [5.74, 6) is 0.445. The van der Waals surface area contributed by atoms with Gasteiger partial charge in [0.2, 0.25) is 0 Å². The largest absolute Gasteiger partial charge is 0.388 e. The van der Waals surface area contributed by atoms with Gasteiger partial charge in [0.1, 0.15) is 0 Å². The van der Waals surface area contributed by atoms with Crippen molar-refractivity contribution in [1.82, 2.24) is 5.32 Å². The van der Waals surface area contributed by atoms with Gasteiger partial charge in [-0.3, -0.25) is 0 Å². The summed E-state index contributed by atoms with van der Waals surface area (Å²) in [4.78, 5) is 0. The maximum Gasteiger partial charge on any atom is 0.0797 e. The Hall–Kier alpha value is -0.120. The highest BCUT2D eigenvalue weighted by Gasteiger charge is 2.38. The van der Waals surface area contributed by atoms with Crippen molar-refractivity contribution in [2.24, 2.45) is 5.92 Å². The molecule has 3 heteroatoms. The third kappa shape index (κ3) is 1.87. The minimum atomic E-state index is -0.449. The number of hydrogen-bond donors (Lipinski definition) is 2. The van der Waals surface area contributed by atoms with Gasteiger partial charge >= 0.3 is 0 Å². The average Bonchev–Trinajstić information content (AvgIpc) is 2.30. The van der Waals surface area contributed by atoms with Crippen LogP contribution in [0.25, 0.3) is 0 Å². The Morgan fingerprint density at radius 3 is 2.77 bits per heavy atom. The molecule has 0 bridgehead atoms. The zero-order valence-electron chi connectivity index (χ0n) is 8.25. The summed E-state index contributed by atoms with van der Waals surface area (Å²) in [6.07, 6.45) is 3.29. The van der Waals surface area contributed by atoms with Crippen LogP contribution in [-0.4, -0.2) is 36.5 Å². The van der Waals surface area contributed by atoms with Gasteiger partial charge in [0.25, 0.3) is 0 Å². The standard InChI is InChI=1S/C10H19NO2/c1-8-3-2-4-10(8,12)7-11-9-5-13-6-9/h8-9,11-12H,2-7H2,1H3. The summed E-state index contributed by atoms with van der Waals surface area (Å²) >= 11 is 0. The predicted octanol–water partition coefficient (Wildman–Crippen LogP) is 0.526. The van der Waals surface area contributed by atoms with E-state index in [0.29, 0.717) is 12.0 Å². The molecule has 2 N–H and O–H groups in total. The van der Waals surface area contributed by atoms with Crippen LogP contribution >= 0.6 is 0 Å². The van der Waals surface area contributed by atoms with E-state index in [9.17, 15) is 5.11 Å². The van der Waals surface area contributed by atoms with Crippen LogP contribution in [-0.2, 0) is 4.74 Å². The Kier molecular flexibility index (Phi) is 2.58. The van der Waals surface area contributed by atoms with E-state index in [1.807, 2.05) is 0 Å². The van der Waals surface area contributed by atoms with Crippen LogP contribution < -0.4 is 5.32 Å². The summed E-state index contributed by atoms with van der Waals surface area (Å²) in [5.41, 5.74) is -0.449. The van der Waals surface area contributed by atoms with E-state index < -0.39 is 5.60 Å². The van der Waals surface area contributed by atoms with Crippen LogP contribution in [0.5, 0.6) is 0 Å². The normalized spacial score (nSPS) is 40.6. The zero-order chi connectivity index (χ0) is 9.31. The second kappa shape index (κ2) is 3.56. The van der Waals surface area contributed by atoms with Gasteiger partial charge in [-0.25, -0.2) is 0 Å². The fourth-order valence-electron chi connectivity index (χ4n) is 2.17. The quantitative estimate of drug-likeness (QED) is 0.674. The summed E-state index contributed by atoms with van der Waals surface area (Å²) < 4.78 is 5.07. The number of aliphatic hydroxyl groups is 1. The molecule has 1 saturated heterocycles. The number of hydrogen-bond acceptors (Lipinski definition) is 3. The summed E-state index contributed by atoms with van der Waals surface area (Å²) in [6.45, 7) is 4.50. The van der Waals surface area contributed by atoms with Crippen molar-refractivity contribution in [3.63, 3.8) is 0 Å². The summed E-state index contributed by atoms with van der Waals surface area (Å²) in [5, 5.41) is 13.6. The van der Waals surface area contributed by atoms with Gasteiger partial charge in [-0.2, -0.15) is 0 Å². The van der Waals surface area contributed by atoms with Crippen molar-refractivity contribution >= 4 is 0 Å². The van der Waals surface area contributed by atoms with Crippen molar-refractivity contribution < 1.29 is 9.84 Å². The molecule has 1 heterocycles. The first-order valence-corrected chi connectivity index (χ1v) is 5.24. The fourth-order valence-corrected chi connectivity index (χ4v) is 2.17. The first-order valence-electron chi connectivity index (χ1n) is 5.24. The molecular weight excluding hydrogens is 166 g/mol. The van der Waals surface area contributed by atoms with E-state index in [-0.39, 0.29) is 0 Å². The van der Waals surface area contributed by atoms with Crippen LogP contribution in [0.4, 0.5) is 0 Å². The van der Waals surface area contributed by atoms with Crippen molar-refractivity contribution in [3.8, 4) is 0 Å². The molecule has 0 aromatic carbocycles. The van der Waals surface area contributed by atoms with E-state index in [2.05, 4.69) is 12.2 Å². The van der Waals surface area contributed by atoms with Crippen molar-refractivity contribution in [3.05, 3.63) is 0 Å². The molecule has 0 amide bonds. The van der Waals surface area contributed by atoms with E-state index >= 15 is 0 Å². The van der Waals surface area contributed by atoms with Gasteiger partial charge in [0.05, 0.1) is 24.9 Å². The lowest BCUT2D eigenvalue weighted by molar-refractivity contribution is -0.0332. The van der Waals surface area contributed by atoms with E-state index in [4.69, 9.17) is 4.74 Å². The monoisotopic (exact) mass is 185 g/mol. The molecule has 0 aromatic rings. The van der Waals surface area contributed by atoms with Gasteiger partial charge in [0.15, 0.2) is 0 Å². The number of ether oxygens (including phenoxy) is 1. The van der Waals surface area contributed by atoms with Gasteiger partial charge in [-0.1, -0.05) is 13.3 Å². The SMILES string of the molecule is CC1CCCC1(O)CNC1COC1. The molecule has 2 rings (SSSR count). The topological polar surface area (TPSA) is 41.5 Å². The molecule has 0 radical (unpaired) electrons. The second-order valence-electron chi connectivity index (χ2n) is 4.51. The molecule has 2 unspecified atom stereocenters. The average molecular weight is 185 g/mol. The van der Waals surface area contributed by atoms with Crippen LogP contribution in [0.3, 0.4) is 0 Å². The molecule has 1 aliphatic carbocycles. The third-order valence-electron chi connectivity index (χ3n) is 3.50. The molecule has 76 valence electrons. The Bertz CT molecular complexity index is 182. The molecule has 3 nitrogen and oxygen atoms in total. The lowest BCUT2D eigenvalue weighted by Crippen LogP contribution is -2.52. The highest BCUT2D eigenvalue weighted by Crippen LogP contribution is 2.34. The second-order valence-corrected chi connectivity index (χ2v) is 4.51. The highest BCUT2D eigenvalue weighted by molar-refractivity contribution is 4.93. The van der Waals surface area contributed by atoms with Crippen LogP contribution in [0.1, 0.15) is 26.2 Å². The first kappa shape index (κ1) is 9.44. The molecule has 2 aliphatic rings. The van der Waals surface area contributed by atoms with E-state index in [0.717, 1.165) is 26.2 Å². The van der Waals surface area contributed by atoms with Crippen molar-refractivity contribution in [2.45, 2.75) is 37.8 Å². The summed E-state index contributed by atoms with van der Waals surface area (Å²) in [7, 11) is 0. The number of nitrogens with one attached hydrogen (secondary N) is 1. The molecule has 2 atom stereocenters. The maximum atomic E-state index is 10.2. The zero-order valence-corrected chi connectivity index (χ0v) is 8.25. The molecule has 1 aliphatic heterocycles. The smallest absolute Gasteiger partial charge is 0.0797 e. The Labute approximate surface area is 79.5 Å². The molecule has 0 aromatic heterocycles. The number of rotatable bonds is 3. The summed E-state index contributed by atoms with van der Waals surface area (Å²) in [6, 6.07) is 0.483. The molecule has 1 saturated carbocycles. The van der Waals surface area contributed by atoms with Crippen LogP contribution in [0, 0.1) is 5.92 Å². The van der Waals surface area contributed by atoms with E-state index in [1.165, 1.54) is 12.8 Å². The van der Waals surface area contributed by atoms with Crippen molar-refractivity contribution in [1.29, 1.82) is 0 Å². The Morgan fingerprint density at radius 1 is 1.54 bits per heavy atom. The van der Waals surface area contributed by atoms with Gasteiger partial charge in [0, 0.05) is 6.54 Å². The van der Waals surface area contributed by atoms with E-state index in [1.54, 1.807) is 0 Å². The lowest BCUT2D eigenvalue weighted by Gasteiger charge is -2.33. The predicted molar refractivity (Wildman–Crippen MR) is 50.6 cm³/mol.